The number of nitrogens with one attached hydrogen (secondary N) is 1. The Morgan fingerprint density at radius 3 is 3.00 bits per heavy atom. The molecule has 0 atom stereocenters. The molecule has 0 aromatic carbocycles. The normalized spacial score (nSPS) is 8.92. The van der Waals surface area contributed by atoms with Gasteiger partial charge in [0.2, 0.25) is 0 Å². The summed E-state index contributed by atoms with van der Waals surface area (Å²) in [5, 5.41) is 2.57. The molecule has 4 nitrogen and oxygen atoms in total. The zero-order chi connectivity index (χ0) is 9.94. The van der Waals surface area contributed by atoms with Gasteiger partial charge in [0.05, 0.1) is 6.61 Å². The summed E-state index contributed by atoms with van der Waals surface area (Å²) in [6.07, 6.45) is 5.31. The molecule has 0 fully saturated rings. The van der Waals surface area contributed by atoms with E-state index in [1.165, 1.54) is 0 Å². The van der Waals surface area contributed by atoms with Gasteiger partial charge in [0, 0.05) is 13.2 Å². The largest absolute Gasteiger partial charge is 0.450 e. The van der Waals surface area contributed by atoms with E-state index in [-0.39, 0.29) is 6.09 Å². The molecule has 13 heavy (non-hydrogen) atoms. The van der Waals surface area contributed by atoms with Crippen LogP contribution in [-0.2, 0) is 9.47 Å². The summed E-state index contributed by atoms with van der Waals surface area (Å²) in [6, 6.07) is 0. The van der Waals surface area contributed by atoms with Crippen molar-refractivity contribution >= 4 is 6.09 Å². The summed E-state index contributed by atoms with van der Waals surface area (Å²) in [4.78, 5) is 10.7. The molecule has 0 aliphatic rings. The minimum atomic E-state index is -0.389. The van der Waals surface area contributed by atoms with Crippen LogP contribution in [0.4, 0.5) is 4.79 Å². The molecule has 1 amide bonds. The fraction of sp³-hybridized carbons (Fsp3) is 0.667. The summed E-state index contributed by atoms with van der Waals surface area (Å²) in [7, 11) is 0. The Balaban J connectivity index is 3.07. The maximum absolute atomic E-state index is 10.7. The monoisotopic (exact) mass is 185 g/mol. The first-order valence-electron chi connectivity index (χ1n) is 4.23. The molecule has 0 aliphatic carbocycles. The van der Waals surface area contributed by atoms with Crippen molar-refractivity contribution in [2.75, 3.05) is 26.4 Å². The predicted molar refractivity (Wildman–Crippen MR) is 49.3 cm³/mol. The molecule has 0 spiro atoms. The maximum atomic E-state index is 10.7. The minimum Gasteiger partial charge on any atom is -0.450 e. The second-order valence-electron chi connectivity index (χ2n) is 2.26. The molecule has 0 saturated heterocycles. The number of carbonyl (C=O) groups excluding carboxylic acids is 1. The van der Waals surface area contributed by atoms with Gasteiger partial charge in [-0.05, 0) is 13.3 Å². The van der Waals surface area contributed by atoms with E-state index in [0.29, 0.717) is 26.4 Å². The van der Waals surface area contributed by atoms with Crippen molar-refractivity contribution in [1.82, 2.24) is 5.32 Å². The van der Waals surface area contributed by atoms with E-state index < -0.39 is 0 Å². The van der Waals surface area contributed by atoms with Crippen molar-refractivity contribution in [3.8, 4) is 12.3 Å². The number of carbonyl (C=O) groups is 1. The molecule has 0 aliphatic heterocycles. The molecular weight excluding hydrogens is 170 g/mol. The summed E-state index contributed by atoms with van der Waals surface area (Å²) >= 11 is 0. The average molecular weight is 185 g/mol. The lowest BCUT2D eigenvalue weighted by Gasteiger charge is -2.04. The lowest BCUT2D eigenvalue weighted by atomic mass is 10.4. The topological polar surface area (TPSA) is 47.6 Å². The van der Waals surface area contributed by atoms with Crippen LogP contribution in [0.15, 0.2) is 0 Å². The fourth-order valence-electron chi connectivity index (χ4n) is 0.678. The smallest absolute Gasteiger partial charge is 0.407 e. The van der Waals surface area contributed by atoms with Gasteiger partial charge in [-0.15, -0.1) is 6.42 Å². The number of hydrogen-bond acceptors (Lipinski definition) is 3. The molecular formula is C9H15NO3. The molecule has 0 saturated carbocycles. The average Bonchev–Trinajstić information content (AvgIpc) is 2.11. The van der Waals surface area contributed by atoms with Crippen molar-refractivity contribution in [1.29, 1.82) is 0 Å². The SMILES string of the molecule is C#CCOCCCNC(=O)OCC. The third-order valence-corrected chi connectivity index (χ3v) is 1.20. The van der Waals surface area contributed by atoms with E-state index >= 15 is 0 Å². The first-order chi connectivity index (χ1) is 6.31. The van der Waals surface area contributed by atoms with Gasteiger partial charge in [0.1, 0.15) is 6.61 Å². The van der Waals surface area contributed by atoms with Crippen LogP contribution < -0.4 is 5.32 Å². The summed E-state index contributed by atoms with van der Waals surface area (Å²) in [6.45, 7) is 3.56. The van der Waals surface area contributed by atoms with Crippen LogP contribution in [0.1, 0.15) is 13.3 Å². The number of alkyl carbamates (subject to hydrolysis) is 1. The molecule has 0 radical (unpaired) electrons. The van der Waals surface area contributed by atoms with E-state index in [4.69, 9.17) is 11.2 Å². The van der Waals surface area contributed by atoms with Crippen molar-refractivity contribution in [3.05, 3.63) is 0 Å². The Morgan fingerprint density at radius 2 is 2.38 bits per heavy atom. The minimum absolute atomic E-state index is 0.319. The van der Waals surface area contributed by atoms with Crippen LogP contribution in [0.2, 0.25) is 0 Å². The van der Waals surface area contributed by atoms with Crippen LogP contribution in [0.3, 0.4) is 0 Å². The second kappa shape index (κ2) is 8.88. The Hall–Kier alpha value is -1.21. The molecule has 0 unspecified atom stereocenters. The van der Waals surface area contributed by atoms with E-state index in [2.05, 4.69) is 16.0 Å². The van der Waals surface area contributed by atoms with Crippen LogP contribution >= 0.6 is 0 Å². The van der Waals surface area contributed by atoms with Crippen LogP contribution in [-0.4, -0.2) is 32.5 Å². The zero-order valence-corrected chi connectivity index (χ0v) is 7.84. The van der Waals surface area contributed by atoms with Crippen molar-refractivity contribution in [2.45, 2.75) is 13.3 Å². The summed E-state index contributed by atoms with van der Waals surface area (Å²) in [5.41, 5.74) is 0. The highest BCUT2D eigenvalue weighted by atomic mass is 16.5. The predicted octanol–water partition coefficient (Wildman–Crippen LogP) is 0.772. The van der Waals surface area contributed by atoms with Gasteiger partial charge in [-0.25, -0.2) is 4.79 Å². The second-order valence-corrected chi connectivity index (χ2v) is 2.26. The maximum Gasteiger partial charge on any atom is 0.407 e. The standard InChI is InChI=1S/C9H15NO3/c1-3-7-12-8-5-6-10-9(11)13-4-2/h1H,4-8H2,2H3,(H,10,11). The van der Waals surface area contributed by atoms with Gasteiger partial charge < -0.3 is 14.8 Å². The number of terminal acetylenes is 1. The fourth-order valence-corrected chi connectivity index (χ4v) is 0.678. The first-order valence-corrected chi connectivity index (χ1v) is 4.23. The van der Waals surface area contributed by atoms with Crippen molar-refractivity contribution in [3.63, 3.8) is 0 Å². The molecule has 4 heteroatoms. The molecule has 0 rings (SSSR count). The van der Waals surface area contributed by atoms with E-state index in [0.717, 1.165) is 6.42 Å². The van der Waals surface area contributed by atoms with Gasteiger partial charge in [-0.1, -0.05) is 5.92 Å². The molecule has 74 valence electrons. The Kier molecular flexibility index (Phi) is 8.06. The Morgan fingerprint density at radius 1 is 1.62 bits per heavy atom. The first kappa shape index (κ1) is 11.8. The van der Waals surface area contributed by atoms with E-state index in [1.807, 2.05) is 0 Å². The number of hydrogen-bond donors (Lipinski definition) is 1. The molecule has 0 bridgehead atoms. The molecule has 1 N–H and O–H groups in total. The van der Waals surface area contributed by atoms with Crippen LogP contribution in [0.25, 0.3) is 0 Å². The van der Waals surface area contributed by atoms with Gasteiger partial charge in [0.25, 0.3) is 0 Å². The highest BCUT2D eigenvalue weighted by molar-refractivity contribution is 5.66. The van der Waals surface area contributed by atoms with Crippen molar-refractivity contribution in [2.24, 2.45) is 0 Å². The molecule has 0 aromatic rings. The zero-order valence-electron chi connectivity index (χ0n) is 7.84. The van der Waals surface area contributed by atoms with Crippen LogP contribution in [0.5, 0.6) is 0 Å². The van der Waals surface area contributed by atoms with Crippen molar-refractivity contribution < 1.29 is 14.3 Å². The lowest BCUT2D eigenvalue weighted by Crippen LogP contribution is -2.25. The van der Waals surface area contributed by atoms with Gasteiger partial charge in [-0.3, -0.25) is 0 Å². The summed E-state index contributed by atoms with van der Waals surface area (Å²) < 4.78 is 9.64. The highest BCUT2D eigenvalue weighted by Gasteiger charge is 1.97. The van der Waals surface area contributed by atoms with Crippen LogP contribution in [0, 0.1) is 12.3 Å². The number of rotatable bonds is 6. The molecule has 0 heterocycles. The number of ether oxygens (including phenoxy) is 2. The van der Waals surface area contributed by atoms with Gasteiger partial charge in [0.15, 0.2) is 0 Å². The summed E-state index contributed by atoms with van der Waals surface area (Å²) in [5.74, 6) is 2.35. The lowest BCUT2D eigenvalue weighted by molar-refractivity contribution is 0.145. The molecule has 0 aromatic heterocycles. The van der Waals surface area contributed by atoms with Gasteiger partial charge in [-0.2, -0.15) is 0 Å². The van der Waals surface area contributed by atoms with E-state index in [1.54, 1.807) is 6.92 Å². The quantitative estimate of drug-likeness (QED) is 0.491. The Bertz CT molecular complexity index is 174. The third kappa shape index (κ3) is 8.70. The Labute approximate surface area is 78.6 Å². The number of amides is 1. The highest BCUT2D eigenvalue weighted by Crippen LogP contribution is 1.81. The van der Waals surface area contributed by atoms with Gasteiger partial charge >= 0.3 is 6.09 Å². The third-order valence-electron chi connectivity index (χ3n) is 1.20. The van der Waals surface area contributed by atoms with E-state index in [9.17, 15) is 4.79 Å².